The molecule has 0 aliphatic carbocycles. The number of nitrogens with zero attached hydrogens (tertiary/aromatic N) is 2. The highest BCUT2D eigenvalue weighted by molar-refractivity contribution is 6.34. The van der Waals surface area contributed by atoms with Crippen molar-refractivity contribution in [3.8, 4) is 0 Å². The summed E-state index contributed by atoms with van der Waals surface area (Å²) in [7, 11) is 0. The Morgan fingerprint density at radius 3 is 2.70 bits per heavy atom. The minimum absolute atomic E-state index is 0.0176. The monoisotopic (exact) mass is 294 g/mol. The Morgan fingerprint density at radius 2 is 2.15 bits per heavy atom. The molecule has 1 unspecified atom stereocenters. The molecule has 0 bridgehead atoms. The van der Waals surface area contributed by atoms with E-state index in [1.165, 1.54) is 6.42 Å². The van der Waals surface area contributed by atoms with Gasteiger partial charge >= 0.3 is 0 Å². The van der Waals surface area contributed by atoms with Crippen molar-refractivity contribution in [2.75, 3.05) is 31.1 Å². The van der Waals surface area contributed by atoms with Crippen LogP contribution in [0, 0.1) is 5.41 Å². The van der Waals surface area contributed by atoms with Gasteiger partial charge in [0.25, 0.3) is 0 Å². The zero-order valence-corrected chi connectivity index (χ0v) is 13.0. The largest absolute Gasteiger partial charge is 0.384 e. The van der Waals surface area contributed by atoms with Gasteiger partial charge in [0.1, 0.15) is 5.84 Å². The third-order valence-corrected chi connectivity index (χ3v) is 4.41. The van der Waals surface area contributed by atoms with E-state index in [2.05, 4.69) is 23.6 Å². The summed E-state index contributed by atoms with van der Waals surface area (Å²) < 4.78 is 0. The fourth-order valence-corrected chi connectivity index (χ4v) is 3.21. The maximum absolute atomic E-state index is 7.47. The summed E-state index contributed by atoms with van der Waals surface area (Å²) in [6.45, 7) is 8.71. The van der Waals surface area contributed by atoms with Crippen LogP contribution in [0.3, 0.4) is 0 Å². The van der Waals surface area contributed by atoms with E-state index in [0.29, 0.717) is 16.6 Å². The number of nitrogens with two attached hydrogens (primary N) is 1. The zero-order valence-electron chi connectivity index (χ0n) is 12.2. The topological polar surface area (TPSA) is 56.4 Å². The summed E-state index contributed by atoms with van der Waals surface area (Å²) in [5.74, 6) is 0.0176. The van der Waals surface area contributed by atoms with Crippen molar-refractivity contribution in [1.29, 1.82) is 5.41 Å². The molecule has 1 aliphatic rings. The molecular weight excluding hydrogens is 272 g/mol. The van der Waals surface area contributed by atoms with Gasteiger partial charge in [-0.15, -0.1) is 0 Å². The highest BCUT2D eigenvalue weighted by Gasteiger charge is 2.26. The van der Waals surface area contributed by atoms with Crippen molar-refractivity contribution < 1.29 is 0 Å². The molecule has 1 heterocycles. The predicted octanol–water partition coefficient (Wildman–Crippen LogP) is 2.54. The van der Waals surface area contributed by atoms with E-state index >= 15 is 0 Å². The number of nitrogen functional groups attached to an aromatic ring is 1. The Bertz CT molecular complexity index is 485. The smallest absolute Gasteiger partial charge is 0.124 e. The first-order valence-corrected chi connectivity index (χ1v) is 7.57. The SMILES string of the molecule is CCN(CC)C1CCN(c2ccc(C(=N)N)c(Cl)c2)C1. The fourth-order valence-electron chi connectivity index (χ4n) is 2.93. The van der Waals surface area contributed by atoms with Gasteiger partial charge < -0.3 is 10.6 Å². The van der Waals surface area contributed by atoms with Crippen LogP contribution in [0.4, 0.5) is 5.69 Å². The van der Waals surface area contributed by atoms with E-state index in [9.17, 15) is 0 Å². The molecule has 1 aliphatic heterocycles. The second-order valence-corrected chi connectivity index (χ2v) is 5.59. The number of halogens is 1. The van der Waals surface area contributed by atoms with Gasteiger partial charge in [-0.05, 0) is 37.7 Å². The van der Waals surface area contributed by atoms with Crippen LogP contribution in [0.25, 0.3) is 0 Å². The van der Waals surface area contributed by atoms with E-state index in [1.54, 1.807) is 0 Å². The molecule has 2 rings (SSSR count). The van der Waals surface area contributed by atoms with Crippen LogP contribution in [0.15, 0.2) is 18.2 Å². The minimum atomic E-state index is 0.0176. The summed E-state index contributed by atoms with van der Waals surface area (Å²) in [6, 6.07) is 6.39. The first-order valence-electron chi connectivity index (χ1n) is 7.19. The van der Waals surface area contributed by atoms with Crippen LogP contribution in [-0.2, 0) is 0 Å². The van der Waals surface area contributed by atoms with Gasteiger partial charge in [-0.25, -0.2) is 0 Å². The Morgan fingerprint density at radius 1 is 1.45 bits per heavy atom. The first kappa shape index (κ1) is 15.1. The van der Waals surface area contributed by atoms with Crippen LogP contribution in [0.5, 0.6) is 0 Å². The maximum Gasteiger partial charge on any atom is 0.124 e. The standard InChI is InChI=1S/C15H23ClN4/c1-3-19(4-2)12-7-8-20(10-12)11-5-6-13(15(17)18)14(16)9-11/h5-6,9,12H,3-4,7-8,10H2,1-2H3,(H3,17,18). The molecule has 1 aromatic rings. The van der Waals surface area contributed by atoms with Gasteiger partial charge in [-0.2, -0.15) is 0 Å². The lowest BCUT2D eigenvalue weighted by atomic mass is 10.2. The Kier molecular flexibility index (Phi) is 4.89. The summed E-state index contributed by atoms with van der Waals surface area (Å²) >= 11 is 6.20. The van der Waals surface area contributed by atoms with Gasteiger partial charge in [0.15, 0.2) is 0 Å². The van der Waals surface area contributed by atoms with Crippen molar-refractivity contribution in [1.82, 2.24) is 4.90 Å². The van der Waals surface area contributed by atoms with Gasteiger partial charge in [-0.1, -0.05) is 25.4 Å². The third kappa shape index (κ3) is 3.07. The molecule has 0 aromatic heterocycles. The van der Waals surface area contributed by atoms with Crippen LogP contribution in [0.1, 0.15) is 25.8 Å². The van der Waals surface area contributed by atoms with Crippen LogP contribution >= 0.6 is 11.6 Å². The molecule has 110 valence electrons. The quantitative estimate of drug-likeness (QED) is 0.648. The van der Waals surface area contributed by atoms with E-state index < -0.39 is 0 Å². The number of benzene rings is 1. The number of hydrogen-bond acceptors (Lipinski definition) is 3. The predicted molar refractivity (Wildman–Crippen MR) is 86.0 cm³/mol. The van der Waals surface area contributed by atoms with Crippen molar-refractivity contribution in [2.24, 2.45) is 5.73 Å². The molecular formula is C15H23ClN4. The summed E-state index contributed by atoms with van der Waals surface area (Å²) in [4.78, 5) is 4.87. The number of anilines is 1. The second-order valence-electron chi connectivity index (χ2n) is 5.19. The molecule has 0 saturated carbocycles. The van der Waals surface area contributed by atoms with Gasteiger partial charge in [0.05, 0.1) is 5.02 Å². The van der Waals surface area contributed by atoms with Crippen molar-refractivity contribution in [3.63, 3.8) is 0 Å². The minimum Gasteiger partial charge on any atom is -0.384 e. The summed E-state index contributed by atoms with van der Waals surface area (Å²) in [5, 5.41) is 8.02. The van der Waals surface area contributed by atoms with Gasteiger partial charge in [-0.3, -0.25) is 10.3 Å². The lowest BCUT2D eigenvalue weighted by molar-refractivity contribution is 0.232. The van der Waals surface area contributed by atoms with Crippen molar-refractivity contribution in [2.45, 2.75) is 26.3 Å². The van der Waals surface area contributed by atoms with Gasteiger partial charge in [0, 0.05) is 30.4 Å². The third-order valence-electron chi connectivity index (χ3n) is 4.10. The molecule has 1 atom stereocenters. The lowest BCUT2D eigenvalue weighted by Crippen LogP contribution is -2.37. The molecule has 0 radical (unpaired) electrons. The average Bonchev–Trinajstić information content (AvgIpc) is 2.89. The lowest BCUT2D eigenvalue weighted by Gasteiger charge is -2.26. The Balaban J connectivity index is 2.10. The first-order chi connectivity index (χ1) is 9.56. The molecule has 4 nitrogen and oxygen atoms in total. The molecule has 1 fully saturated rings. The normalized spacial score (nSPS) is 18.8. The van der Waals surface area contributed by atoms with E-state index in [0.717, 1.165) is 31.9 Å². The number of hydrogen-bond donors (Lipinski definition) is 2. The number of nitrogens with one attached hydrogen (secondary N) is 1. The molecule has 0 amide bonds. The summed E-state index contributed by atoms with van der Waals surface area (Å²) in [5.41, 5.74) is 7.22. The molecule has 1 saturated heterocycles. The van der Waals surface area contributed by atoms with Crippen molar-refractivity contribution >= 4 is 23.1 Å². The highest BCUT2D eigenvalue weighted by Crippen LogP contribution is 2.27. The Labute approximate surface area is 126 Å². The molecule has 5 heteroatoms. The molecule has 1 aromatic carbocycles. The molecule has 3 N–H and O–H groups in total. The van der Waals surface area contributed by atoms with Crippen LogP contribution < -0.4 is 10.6 Å². The number of rotatable bonds is 5. The van der Waals surface area contributed by atoms with E-state index in [1.807, 2.05) is 18.2 Å². The maximum atomic E-state index is 7.47. The van der Waals surface area contributed by atoms with E-state index in [-0.39, 0.29) is 5.84 Å². The number of likely N-dealkylation sites (N-methyl/N-ethyl adjacent to an activating group) is 1. The van der Waals surface area contributed by atoms with Gasteiger partial charge in [0.2, 0.25) is 0 Å². The van der Waals surface area contributed by atoms with Crippen LogP contribution in [0.2, 0.25) is 5.02 Å². The fraction of sp³-hybridized carbons (Fsp3) is 0.533. The molecule has 0 spiro atoms. The van der Waals surface area contributed by atoms with Crippen LogP contribution in [-0.4, -0.2) is 43.0 Å². The number of amidine groups is 1. The zero-order chi connectivity index (χ0) is 14.7. The Hall–Kier alpha value is -1.26. The average molecular weight is 295 g/mol. The van der Waals surface area contributed by atoms with E-state index in [4.69, 9.17) is 22.7 Å². The second kappa shape index (κ2) is 6.46. The highest BCUT2D eigenvalue weighted by atomic mass is 35.5. The summed E-state index contributed by atoms with van der Waals surface area (Å²) in [6.07, 6.45) is 1.19. The van der Waals surface area contributed by atoms with Crippen molar-refractivity contribution in [3.05, 3.63) is 28.8 Å². The molecule has 20 heavy (non-hydrogen) atoms.